The van der Waals surface area contributed by atoms with Crippen LogP contribution in [0.2, 0.25) is 0 Å². The van der Waals surface area contributed by atoms with Gasteiger partial charge in [0.2, 0.25) is 5.60 Å². The molecule has 2 saturated carbocycles. The van der Waals surface area contributed by atoms with E-state index in [2.05, 4.69) is 4.74 Å². The van der Waals surface area contributed by atoms with Gasteiger partial charge in [-0.3, -0.25) is 9.59 Å². The molecular weight excluding hydrogens is 320 g/mol. The fraction of sp³-hybridized carbons (Fsp3) is 0.812. The topological polar surface area (TPSA) is 108 Å². The summed E-state index contributed by atoms with van der Waals surface area (Å²) in [4.78, 5) is 36.0. The average Bonchev–Trinajstić information content (AvgIpc) is 2.90. The molecule has 3 rings (SSSR count). The van der Waals surface area contributed by atoms with E-state index in [1.165, 1.54) is 0 Å². The Kier molecular flexibility index (Phi) is 4.39. The number of esters is 2. The third-order valence-electron chi connectivity index (χ3n) is 4.97. The Labute approximate surface area is 139 Å². The molecule has 1 saturated heterocycles. The maximum absolute atomic E-state index is 12.5. The summed E-state index contributed by atoms with van der Waals surface area (Å²) in [6, 6.07) is 0. The Morgan fingerprint density at radius 1 is 1.21 bits per heavy atom. The zero-order valence-corrected chi connectivity index (χ0v) is 13.8. The molecule has 0 aromatic heterocycles. The molecule has 4 atom stereocenters. The van der Waals surface area contributed by atoms with Gasteiger partial charge in [0.1, 0.15) is 12.2 Å². The first-order valence-corrected chi connectivity index (χ1v) is 8.18. The van der Waals surface area contributed by atoms with E-state index in [9.17, 15) is 19.5 Å². The van der Waals surface area contributed by atoms with Crippen LogP contribution in [0.3, 0.4) is 0 Å². The van der Waals surface area contributed by atoms with E-state index in [-0.39, 0.29) is 0 Å². The van der Waals surface area contributed by atoms with Crippen molar-refractivity contribution in [1.82, 2.24) is 0 Å². The van der Waals surface area contributed by atoms with E-state index in [0.29, 0.717) is 12.8 Å². The van der Waals surface area contributed by atoms with Gasteiger partial charge < -0.3 is 24.1 Å². The van der Waals surface area contributed by atoms with E-state index in [1.807, 2.05) is 0 Å². The van der Waals surface area contributed by atoms with Gasteiger partial charge in [-0.25, -0.2) is 4.79 Å². The SMILES string of the molecule is COC(=O)[C@]1(O)CC(=O)[C@@H]2OC3(CCCCC3)O[C@@H]2[C@H]1OC(C)=O. The molecule has 1 N–H and O–H groups in total. The van der Waals surface area contributed by atoms with Gasteiger partial charge in [-0.15, -0.1) is 0 Å². The Balaban J connectivity index is 1.94. The fourth-order valence-electron chi connectivity index (χ4n) is 3.88. The normalized spacial score (nSPS) is 37.8. The van der Waals surface area contributed by atoms with Gasteiger partial charge in [0.05, 0.1) is 13.5 Å². The number of hydrogen-bond donors (Lipinski definition) is 1. The van der Waals surface area contributed by atoms with Crippen molar-refractivity contribution < 1.29 is 38.4 Å². The molecule has 0 radical (unpaired) electrons. The van der Waals surface area contributed by atoms with Crippen molar-refractivity contribution in [3.8, 4) is 0 Å². The highest BCUT2D eigenvalue weighted by Crippen LogP contribution is 2.46. The first-order chi connectivity index (χ1) is 11.3. The molecule has 8 nitrogen and oxygen atoms in total. The van der Waals surface area contributed by atoms with Crippen molar-refractivity contribution in [2.45, 2.75) is 75.1 Å². The second-order valence-corrected chi connectivity index (χ2v) is 6.68. The Hall–Kier alpha value is -1.51. The molecule has 8 heteroatoms. The largest absolute Gasteiger partial charge is 0.467 e. The Morgan fingerprint density at radius 3 is 2.46 bits per heavy atom. The molecule has 134 valence electrons. The maximum Gasteiger partial charge on any atom is 0.342 e. The quantitative estimate of drug-likeness (QED) is 0.711. The zero-order valence-electron chi connectivity index (χ0n) is 13.8. The maximum atomic E-state index is 12.5. The van der Waals surface area contributed by atoms with Crippen molar-refractivity contribution in [2.75, 3.05) is 7.11 Å². The molecule has 1 heterocycles. The van der Waals surface area contributed by atoms with Crippen LogP contribution in [0.1, 0.15) is 45.4 Å². The third kappa shape index (κ3) is 2.72. The number of carbonyl (C=O) groups excluding carboxylic acids is 3. The summed E-state index contributed by atoms with van der Waals surface area (Å²) in [7, 11) is 1.09. The fourth-order valence-corrected chi connectivity index (χ4v) is 3.88. The monoisotopic (exact) mass is 342 g/mol. The molecule has 0 aromatic rings. The van der Waals surface area contributed by atoms with E-state index >= 15 is 0 Å². The summed E-state index contributed by atoms with van der Waals surface area (Å²) in [5.41, 5.74) is -2.28. The number of Topliss-reactive ketones (excluding diaryl/α,β-unsaturated/α-hetero) is 1. The molecule has 24 heavy (non-hydrogen) atoms. The predicted molar refractivity (Wildman–Crippen MR) is 77.7 cm³/mol. The van der Waals surface area contributed by atoms with Crippen LogP contribution in [0.15, 0.2) is 0 Å². The Morgan fingerprint density at radius 2 is 1.88 bits per heavy atom. The number of aliphatic hydroxyl groups is 1. The smallest absolute Gasteiger partial charge is 0.342 e. The summed E-state index contributed by atoms with van der Waals surface area (Å²) in [6.45, 7) is 1.16. The first-order valence-electron chi connectivity index (χ1n) is 8.18. The van der Waals surface area contributed by atoms with Crippen molar-refractivity contribution in [1.29, 1.82) is 0 Å². The lowest BCUT2D eigenvalue weighted by atomic mass is 9.78. The minimum atomic E-state index is -2.28. The molecular formula is C16H22O8. The second-order valence-electron chi connectivity index (χ2n) is 6.68. The highest BCUT2D eigenvalue weighted by Gasteiger charge is 2.65. The molecule has 0 unspecified atom stereocenters. The van der Waals surface area contributed by atoms with Gasteiger partial charge in [-0.05, 0) is 12.8 Å². The minimum absolute atomic E-state index is 0.459. The molecule has 1 aliphatic heterocycles. The first kappa shape index (κ1) is 17.3. The van der Waals surface area contributed by atoms with Crippen molar-refractivity contribution >= 4 is 17.7 Å². The number of fused-ring (bicyclic) bond motifs is 1. The number of ketones is 1. The highest BCUT2D eigenvalue weighted by atomic mass is 16.8. The summed E-state index contributed by atoms with van der Waals surface area (Å²) < 4.78 is 21.7. The van der Waals surface area contributed by atoms with E-state index in [1.54, 1.807) is 0 Å². The van der Waals surface area contributed by atoms with Gasteiger partial charge in [0.15, 0.2) is 17.7 Å². The van der Waals surface area contributed by atoms with Crippen LogP contribution < -0.4 is 0 Å². The van der Waals surface area contributed by atoms with Gasteiger partial charge >= 0.3 is 11.9 Å². The predicted octanol–water partition coefficient (Wildman–Crippen LogP) is 0.239. The average molecular weight is 342 g/mol. The van der Waals surface area contributed by atoms with Crippen molar-refractivity contribution in [3.05, 3.63) is 0 Å². The number of hydrogen-bond acceptors (Lipinski definition) is 8. The molecule has 1 spiro atoms. The van der Waals surface area contributed by atoms with Crippen LogP contribution >= 0.6 is 0 Å². The zero-order chi connectivity index (χ0) is 17.5. The van der Waals surface area contributed by atoms with Gasteiger partial charge in [0, 0.05) is 19.8 Å². The molecule has 0 amide bonds. The van der Waals surface area contributed by atoms with Crippen molar-refractivity contribution in [2.24, 2.45) is 0 Å². The summed E-state index contributed by atoms with van der Waals surface area (Å²) in [5.74, 6) is -3.10. The van der Waals surface area contributed by atoms with Gasteiger partial charge in [0.25, 0.3) is 0 Å². The van der Waals surface area contributed by atoms with Crippen LogP contribution in [0.5, 0.6) is 0 Å². The summed E-state index contributed by atoms with van der Waals surface area (Å²) >= 11 is 0. The molecule has 0 aromatic carbocycles. The molecule has 0 bridgehead atoms. The van der Waals surface area contributed by atoms with Crippen LogP contribution in [0, 0.1) is 0 Å². The van der Waals surface area contributed by atoms with E-state index in [0.717, 1.165) is 33.3 Å². The van der Waals surface area contributed by atoms with Crippen LogP contribution in [0.4, 0.5) is 0 Å². The minimum Gasteiger partial charge on any atom is -0.467 e. The lowest BCUT2D eigenvalue weighted by molar-refractivity contribution is -0.222. The number of rotatable bonds is 2. The van der Waals surface area contributed by atoms with Crippen LogP contribution in [-0.2, 0) is 33.3 Å². The third-order valence-corrected chi connectivity index (χ3v) is 4.97. The number of carbonyl (C=O) groups is 3. The van der Waals surface area contributed by atoms with Gasteiger partial charge in [-0.2, -0.15) is 0 Å². The molecule has 3 fully saturated rings. The van der Waals surface area contributed by atoms with Crippen LogP contribution in [0.25, 0.3) is 0 Å². The van der Waals surface area contributed by atoms with Crippen molar-refractivity contribution in [3.63, 3.8) is 0 Å². The highest BCUT2D eigenvalue weighted by molar-refractivity contribution is 5.94. The van der Waals surface area contributed by atoms with Gasteiger partial charge in [-0.1, -0.05) is 6.42 Å². The van der Waals surface area contributed by atoms with E-state index < -0.39 is 53.8 Å². The number of ether oxygens (including phenoxy) is 4. The summed E-state index contributed by atoms with van der Waals surface area (Å²) in [5, 5.41) is 10.7. The van der Waals surface area contributed by atoms with Crippen LogP contribution in [-0.4, -0.2) is 59.6 Å². The molecule has 2 aliphatic carbocycles. The molecule has 3 aliphatic rings. The Bertz CT molecular complexity index is 552. The lowest BCUT2D eigenvalue weighted by Crippen LogP contribution is -2.65. The lowest BCUT2D eigenvalue weighted by Gasteiger charge is -2.40. The standard InChI is InChI=1S/C16H22O8/c1-9(17)22-13-12-11(10(18)8-16(13,20)14(19)21-2)23-15(24-12)6-4-3-5-7-15/h11-13,20H,3-8H2,1-2H3/t11-,12-,13+,16-/m0/s1. The second kappa shape index (κ2) is 6.09. The number of methoxy groups -OCH3 is 1. The summed E-state index contributed by atoms with van der Waals surface area (Å²) in [6.07, 6.45) is 0.199. The van der Waals surface area contributed by atoms with E-state index in [4.69, 9.17) is 14.2 Å².